The summed E-state index contributed by atoms with van der Waals surface area (Å²) in [5.41, 5.74) is 0. The summed E-state index contributed by atoms with van der Waals surface area (Å²) in [6, 6.07) is 0. The Kier molecular flexibility index (Phi) is 2.57. The second-order valence-corrected chi connectivity index (χ2v) is 4.72. The highest BCUT2D eigenvalue weighted by Gasteiger charge is 2.37. The highest BCUT2D eigenvalue weighted by molar-refractivity contribution is 4.99. The summed E-state index contributed by atoms with van der Waals surface area (Å²) in [6.45, 7) is 7.91. The van der Waals surface area contributed by atoms with Crippen molar-refractivity contribution in [3.8, 4) is 0 Å². The summed E-state index contributed by atoms with van der Waals surface area (Å²) in [6.07, 6.45) is 11.4. The molecule has 0 heteroatoms. The van der Waals surface area contributed by atoms with Crippen LogP contribution in [0, 0.1) is 23.7 Å². The minimum atomic E-state index is 0.766. The maximum Gasteiger partial charge on any atom is -0.0200 e. The van der Waals surface area contributed by atoms with Crippen LogP contribution in [0.2, 0.25) is 0 Å². The molecule has 0 radical (unpaired) electrons. The first-order valence-corrected chi connectivity index (χ1v) is 5.60. The molecule has 0 aliphatic heterocycles. The molecule has 4 unspecified atom stereocenters. The normalized spacial score (nSPS) is 44.0. The molecule has 13 heavy (non-hydrogen) atoms. The van der Waals surface area contributed by atoms with Crippen molar-refractivity contribution in [3.63, 3.8) is 0 Å². The molecule has 0 aromatic carbocycles. The highest BCUT2D eigenvalue weighted by atomic mass is 14.4. The second-order valence-electron chi connectivity index (χ2n) is 4.72. The van der Waals surface area contributed by atoms with Crippen molar-refractivity contribution in [2.24, 2.45) is 23.7 Å². The second kappa shape index (κ2) is 3.69. The predicted octanol–water partition coefficient (Wildman–Crippen LogP) is 3.80. The van der Waals surface area contributed by atoms with E-state index in [9.17, 15) is 0 Å². The van der Waals surface area contributed by atoms with Gasteiger partial charge in [-0.1, -0.05) is 25.0 Å². The molecule has 0 spiro atoms. The van der Waals surface area contributed by atoms with Crippen molar-refractivity contribution in [1.29, 1.82) is 0 Å². The van der Waals surface area contributed by atoms with Gasteiger partial charge in [0.05, 0.1) is 0 Å². The van der Waals surface area contributed by atoms with Crippen molar-refractivity contribution in [1.82, 2.24) is 0 Å². The van der Waals surface area contributed by atoms with Crippen LogP contribution in [-0.4, -0.2) is 0 Å². The molecule has 2 aliphatic carbocycles. The fraction of sp³-hybridized carbons (Fsp3) is 0.692. The minimum Gasteiger partial charge on any atom is -0.103 e. The van der Waals surface area contributed by atoms with E-state index in [4.69, 9.17) is 0 Å². The van der Waals surface area contributed by atoms with Crippen LogP contribution in [0.5, 0.6) is 0 Å². The van der Waals surface area contributed by atoms with E-state index in [1.54, 1.807) is 0 Å². The average molecular weight is 176 g/mol. The molecule has 2 rings (SSSR count). The number of rotatable bonds is 2. The van der Waals surface area contributed by atoms with Gasteiger partial charge in [0.1, 0.15) is 0 Å². The lowest BCUT2D eigenvalue weighted by Gasteiger charge is -2.36. The van der Waals surface area contributed by atoms with Gasteiger partial charge >= 0.3 is 0 Å². The molecular weight excluding hydrogens is 156 g/mol. The summed E-state index contributed by atoms with van der Waals surface area (Å²) in [5, 5.41) is 0. The van der Waals surface area contributed by atoms with Crippen LogP contribution in [0.15, 0.2) is 25.3 Å². The van der Waals surface area contributed by atoms with Gasteiger partial charge in [-0.3, -0.25) is 0 Å². The molecule has 0 aromatic rings. The Bertz CT molecular complexity index is 204. The van der Waals surface area contributed by atoms with Crippen LogP contribution in [0.3, 0.4) is 0 Å². The molecule has 2 aliphatic rings. The Labute approximate surface area is 81.7 Å². The number of fused-ring (bicyclic) bond motifs is 1. The minimum absolute atomic E-state index is 0.766. The van der Waals surface area contributed by atoms with Crippen LogP contribution in [0.4, 0.5) is 0 Å². The van der Waals surface area contributed by atoms with Crippen LogP contribution in [-0.2, 0) is 0 Å². The van der Waals surface area contributed by atoms with Crippen LogP contribution in [0.25, 0.3) is 0 Å². The van der Waals surface area contributed by atoms with Gasteiger partial charge in [0, 0.05) is 0 Å². The van der Waals surface area contributed by atoms with Gasteiger partial charge < -0.3 is 0 Å². The maximum atomic E-state index is 3.98. The van der Waals surface area contributed by atoms with E-state index in [-0.39, 0.29) is 0 Å². The first kappa shape index (κ1) is 9.05. The van der Waals surface area contributed by atoms with Gasteiger partial charge in [-0.15, -0.1) is 13.2 Å². The standard InChI is InChI=1S/C13H20/c1-3-10-8-11(4-2)13-7-5-6-12(13)9-10/h3-4,10-13H,1-2,5-9H2. The summed E-state index contributed by atoms with van der Waals surface area (Å²) in [7, 11) is 0. The van der Waals surface area contributed by atoms with Crippen molar-refractivity contribution >= 4 is 0 Å². The molecule has 0 N–H and O–H groups in total. The molecule has 0 aromatic heterocycles. The Morgan fingerprint density at radius 3 is 2.54 bits per heavy atom. The zero-order valence-electron chi connectivity index (χ0n) is 8.41. The van der Waals surface area contributed by atoms with Crippen molar-refractivity contribution in [3.05, 3.63) is 25.3 Å². The number of hydrogen-bond acceptors (Lipinski definition) is 0. The van der Waals surface area contributed by atoms with Crippen LogP contribution >= 0.6 is 0 Å². The molecule has 4 atom stereocenters. The van der Waals surface area contributed by atoms with Gasteiger partial charge in [-0.25, -0.2) is 0 Å². The molecule has 72 valence electrons. The first-order chi connectivity index (χ1) is 6.35. The van der Waals surface area contributed by atoms with Gasteiger partial charge in [0.25, 0.3) is 0 Å². The monoisotopic (exact) mass is 176 g/mol. The van der Waals surface area contributed by atoms with Gasteiger partial charge in [-0.2, -0.15) is 0 Å². The fourth-order valence-corrected chi connectivity index (χ4v) is 3.39. The third-order valence-corrected chi connectivity index (χ3v) is 4.08. The molecular formula is C13H20. The van der Waals surface area contributed by atoms with Gasteiger partial charge in [0.2, 0.25) is 0 Å². The first-order valence-electron chi connectivity index (χ1n) is 5.60. The van der Waals surface area contributed by atoms with E-state index < -0.39 is 0 Å². The molecule has 2 saturated carbocycles. The summed E-state index contributed by atoms with van der Waals surface area (Å²) in [5.74, 6) is 3.50. The Hall–Kier alpha value is -0.520. The van der Waals surface area contributed by atoms with E-state index >= 15 is 0 Å². The molecule has 0 amide bonds. The molecule has 0 nitrogen and oxygen atoms in total. The Balaban J connectivity index is 2.09. The van der Waals surface area contributed by atoms with E-state index in [2.05, 4.69) is 25.3 Å². The highest BCUT2D eigenvalue weighted by Crippen LogP contribution is 2.47. The van der Waals surface area contributed by atoms with E-state index in [0.717, 1.165) is 23.7 Å². The van der Waals surface area contributed by atoms with Gasteiger partial charge in [-0.05, 0) is 42.9 Å². The predicted molar refractivity (Wildman–Crippen MR) is 57.4 cm³/mol. The molecule has 0 saturated heterocycles. The zero-order valence-corrected chi connectivity index (χ0v) is 8.41. The zero-order chi connectivity index (χ0) is 9.26. The third kappa shape index (κ3) is 1.59. The molecule has 2 fully saturated rings. The smallest absolute Gasteiger partial charge is 0.0200 e. The molecule has 0 bridgehead atoms. The average Bonchev–Trinajstić information content (AvgIpc) is 2.63. The molecule has 0 heterocycles. The van der Waals surface area contributed by atoms with Gasteiger partial charge in [0.15, 0.2) is 0 Å². The largest absolute Gasteiger partial charge is 0.103 e. The van der Waals surface area contributed by atoms with E-state index in [1.165, 1.54) is 32.1 Å². The topological polar surface area (TPSA) is 0 Å². The lowest BCUT2D eigenvalue weighted by atomic mass is 9.69. The Morgan fingerprint density at radius 1 is 1.00 bits per heavy atom. The van der Waals surface area contributed by atoms with E-state index in [1.807, 2.05) is 0 Å². The van der Waals surface area contributed by atoms with Crippen LogP contribution < -0.4 is 0 Å². The Morgan fingerprint density at radius 2 is 1.85 bits per heavy atom. The van der Waals surface area contributed by atoms with Crippen molar-refractivity contribution in [2.75, 3.05) is 0 Å². The summed E-state index contributed by atoms with van der Waals surface area (Å²) in [4.78, 5) is 0. The summed E-state index contributed by atoms with van der Waals surface area (Å²) >= 11 is 0. The van der Waals surface area contributed by atoms with E-state index in [0.29, 0.717) is 0 Å². The lowest BCUT2D eigenvalue weighted by molar-refractivity contribution is 0.184. The van der Waals surface area contributed by atoms with Crippen molar-refractivity contribution in [2.45, 2.75) is 32.1 Å². The third-order valence-electron chi connectivity index (χ3n) is 4.08. The van der Waals surface area contributed by atoms with Crippen molar-refractivity contribution < 1.29 is 0 Å². The number of hydrogen-bond donors (Lipinski definition) is 0. The number of allylic oxidation sites excluding steroid dienone is 2. The SMILES string of the molecule is C=CC1CC(C=C)C2CCCC2C1. The fourth-order valence-electron chi connectivity index (χ4n) is 3.39. The summed E-state index contributed by atoms with van der Waals surface area (Å²) < 4.78 is 0. The lowest BCUT2D eigenvalue weighted by Crippen LogP contribution is -2.27. The quantitative estimate of drug-likeness (QED) is 0.561. The maximum absolute atomic E-state index is 3.98. The van der Waals surface area contributed by atoms with Crippen LogP contribution in [0.1, 0.15) is 32.1 Å².